The van der Waals surface area contributed by atoms with Gasteiger partial charge in [0.15, 0.2) is 0 Å². The van der Waals surface area contributed by atoms with Gasteiger partial charge in [0.2, 0.25) is 0 Å². The van der Waals surface area contributed by atoms with Gasteiger partial charge in [-0.05, 0) is 64.5 Å². The fraction of sp³-hybridized carbons (Fsp3) is 0.911. The maximum Gasteiger partial charge on any atom is 0.332 e. The van der Waals surface area contributed by atoms with E-state index in [1.165, 1.54) is 103 Å². The molecule has 336 valence electrons. The third-order valence-corrected chi connectivity index (χ3v) is 9.97. The van der Waals surface area contributed by atoms with Gasteiger partial charge in [0.05, 0.1) is 39.6 Å². The maximum absolute atomic E-state index is 12.4. The van der Waals surface area contributed by atoms with Gasteiger partial charge in [-0.3, -0.25) is 9.69 Å². The van der Waals surface area contributed by atoms with E-state index in [0.717, 1.165) is 12.8 Å². The monoisotopic (exact) mass is 816 g/mol. The fourth-order valence-corrected chi connectivity index (χ4v) is 6.65. The largest absolute Gasteiger partial charge is 0.464 e. The van der Waals surface area contributed by atoms with E-state index >= 15 is 0 Å². The van der Waals surface area contributed by atoms with E-state index in [1.54, 1.807) is 19.0 Å². The third-order valence-electron chi connectivity index (χ3n) is 9.97. The molecule has 12 heteroatoms. The van der Waals surface area contributed by atoms with E-state index in [0.29, 0.717) is 63.9 Å². The van der Waals surface area contributed by atoms with E-state index in [1.807, 2.05) is 0 Å². The molecular weight excluding hydrogens is 730 g/mol. The molecule has 0 radical (unpaired) electrons. The summed E-state index contributed by atoms with van der Waals surface area (Å²) in [4.78, 5) is 50.6. The van der Waals surface area contributed by atoms with Crippen molar-refractivity contribution in [2.45, 2.75) is 175 Å². The van der Waals surface area contributed by atoms with Crippen LogP contribution in [0.15, 0.2) is 0 Å². The first kappa shape index (κ1) is 54.7. The number of hydrogen-bond acceptors (Lipinski definition) is 12. The van der Waals surface area contributed by atoms with Crippen molar-refractivity contribution in [3.05, 3.63) is 0 Å². The molecule has 0 amide bonds. The molecule has 0 saturated carbocycles. The van der Waals surface area contributed by atoms with Gasteiger partial charge in [0.25, 0.3) is 0 Å². The van der Waals surface area contributed by atoms with Gasteiger partial charge in [-0.15, -0.1) is 0 Å². The van der Waals surface area contributed by atoms with Gasteiger partial charge >= 0.3 is 23.9 Å². The molecule has 12 nitrogen and oxygen atoms in total. The summed E-state index contributed by atoms with van der Waals surface area (Å²) in [6, 6.07) is 0. The van der Waals surface area contributed by atoms with E-state index in [2.05, 4.69) is 27.7 Å². The molecule has 57 heavy (non-hydrogen) atoms. The van der Waals surface area contributed by atoms with Gasteiger partial charge in [0.1, 0.15) is 25.9 Å². The van der Waals surface area contributed by atoms with Crippen molar-refractivity contribution in [3.63, 3.8) is 0 Å². The molecule has 0 aliphatic carbocycles. The summed E-state index contributed by atoms with van der Waals surface area (Å²) in [6.45, 7) is 10.3. The lowest BCUT2D eigenvalue weighted by molar-refractivity contribution is -0.157. The molecule has 0 bridgehead atoms. The zero-order chi connectivity index (χ0) is 42.2. The second-order valence-corrected chi connectivity index (χ2v) is 15.7. The number of carbonyl (C=O) groups is 4. The van der Waals surface area contributed by atoms with Gasteiger partial charge < -0.3 is 33.2 Å². The van der Waals surface area contributed by atoms with Crippen LogP contribution in [-0.2, 0) is 52.3 Å². The fourth-order valence-electron chi connectivity index (χ4n) is 6.65. The normalized spacial score (nSPS) is 12.0. The van der Waals surface area contributed by atoms with Crippen LogP contribution < -0.4 is 0 Å². The Bertz CT molecular complexity index is 944. The highest BCUT2D eigenvalue weighted by molar-refractivity contribution is 5.73. The Labute approximate surface area is 347 Å². The van der Waals surface area contributed by atoms with Gasteiger partial charge in [-0.25, -0.2) is 14.4 Å². The van der Waals surface area contributed by atoms with Crippen molar-refractivity contribution in [3.8, 4) is 0 Å². The summed E-state index contributed by atoms with van der Waals surface area (Å²) < 4.78 is 38.1. The van der Waals surface area contributed by atoms with Crippen molar-refractivity contribution in [1.82, 2.24) is 4.90 Å². The average molecular weight is 816 g/mol. The summed E-state index contributed by atoms with van der Waals surface area (Å²) in [5, 5.41) is 0. The summed E-state index contributed by atoms with van der Waals surface area (Å²) in [7, 11) is 3.60. The Morgan fingerprint density at radius 1 is 0.404 bits per heavy atom. The molecule has 0 N–H and O–H groups in total. The quantitative estimate of drug-likeness (QED) is 0.0330. The van der Waals surface area contributed by atoms with Crippen molar-refractivity contribution in [2.24, 2.45) is 11.8 Å². The Hall–Kier alpha value is -2.28. The lowest BCUT2D eigenvalue weighted by Gasteiger charge is -2.19. The number of ether oxygens (including phenoxy) is 7. The van der Waals surface area contributed by atoms with E-state index < -0.39 is 11.9 Å². The molecule has 0 saturated heterocycles. The zero-order valence-corrected chi connectivity index (χ0v) is 37.3. The molecule has 0 aliphatic heterocycles. The number of hydrogen-bond donors (Lipinski definition) is 0. The minimum atomic E-state index is -0.566. The smallest absolute Gasteiger partial charge is 0.332 e. The highest BCUT2D eigenvalue weighted by atomic mass is 16.6. The minimum absolute atomic E-state index is 0.0915. The van der Waals surface area contributed by atoms with Crippen molar-refractivity contribution in [2.75, 3.05) is 80.1 Å². The van der Waals surface area contributed by atoms with Gasteiger partial charge in [0, 0.05) is 6.61 Å². The topological polar surface area (TPSA) is 136 Å². The molecule has 0 aromatic rings. The summed E-state index contributed by atoms with van der Waals surface area (Å²) in [5.41, 5.74) is 0. The predicted octanol–water partition coefficient (Wildman–Crippen LogP) is 9.03. The van der Waals surface area contributed by atoms with Crippen LogP contribution in [0.4, 0.5) is 0 Å². The van der Waals surface area contributed by atoms with E-state index in [-0.39, 0.29) is 57.6 Å². The van der Waals surface area contributed by atoms with E-state index in [9.17, 15) is 19.2 Å². The molecule has 0 heterocycles. The van der Waals surface area contributed by atoms with Crippen molar-refractivity contribution >= 4 is 23.9 Å². The first-order valence-corrected chi connectivity index (χ1v) is 22.7. The van der Waals surface area contributed by atoms with Gasteiger partial charge in [-0.2, -0.15) is 0 Å². The van der Waals surface area contributed by atoms with Crippen molar-refractivity contribution in [1.29, 1.82) is 0 Å². The van der Waals surface area contributed by atoms with Crippen molar-refractivity contribution < 1.29 is 52.3 Å². The molecule has 0 aliphatic rings. The predicted molar refractivity (Wildman–Crippen MR) is 225 cm³/mol. The molecule has 0 rings (SSSR count). The number of carbonyl (C=O) groups excluding carboxylic acids is 4. The SMILES string of the molecule is CCCCCC(CCCCC)CCOC(=O)COCCOCCCC(CCCOC(=O)COCC(=O)OCCC(CCCCC)CCCCC)OC(=O)CN(C)C. The summed E-state index contributed by atoms with van der Waals surface area (Å²) in [5.74, 6) is -0.533. The number of rotatable bonds is 42. The van der Waals surface area contributed by atoms with E-state index in [4.69, 9.17) is 33.2 Å². The first-order valence-electron chi connectivity index (χ1n) is 22.7. The molecular formula is C45H85NO11. The minimum Gasteiger partial charge on any atom is -0.464 e. The third kappa shape index (κ3) is 37.7. The van der Waals surface area contributed by atoms with Crippen LogP contribution in [0, 0.1) is 11.8 Å². The van der Waals surface area contributed by atoms with Crippen LogP contribution in [0.5, 0.6) is 0 Å². The lowest BCUT2D eigenvalue weighted by atomic mass is 9.92. The second-order valence-electron chi connectivity index (χ2n) is 15.7. The zero-order valence-electron chi connectivity index (χ0n) is 37.3. The van der Waals surface area contributed by atoms with Crippen LogP contribution in [0.3, 0.4) is 0 Å². The summed E-state index contributed by atoms with van der Waals surface area (Å²) in [6.07, 6.45) is 23.1. The standard InChI is InChI=1S/C45H85NO11/c1-7-11-15-21-39(22-16-12-8-2)27-31-55-43(48)36-52-34-33-51-29-19-25-41(57-42(47)35-46(5)6)26-20-30-54-44(49)37-53-38-45(50)56-32-28-40(23-17-13-9-3)24-18-14-10-4/h39-41H,7-38H2,1-6H3. The highest BCUT2D eigenvalue weighted by Gasteiger charge is 2.17. The first-order chi connectivity index (χ1) is 27.6. The van der Waals surface area contributed by atoms with Crippen LogP contribution in [-0.4, -0.2) is 115 Å². The summed E-state index contributed by atoms with van der Waals surface area (Å²) >= 11 is 0. The Kier molecular flexibility index (Phi) is 38.9. The van der Waals surface area contributed by atoms with Crippen LogP contribution in [0.2, 0.25) is 0 Å². The average Bonchev–Trinajstić information content (AvgIpc) is 3.17. The maximum atomic E-state index is 12.4. The molecule has 1 unspecified atom stereocenters. The molecule has 0 aromatic heterocycles. The molecule has 1 atom stereocenters. The Balaban J connectivity index is 4.28. The number of esters is 4. The number of nitrogens with zero attached hydrogens (tertiary/aromatic N) is 1. The Morgan fingerprint density at radius 2 is 0.807 bits per heavy atom. The lowest BCUT2D eigenvalue weighted by Crippen LogP contribution is -2.28. The van der Waals surface area contributed by atoms with Crippen LogP contribution in [0.25, 0.3) is 0 Å². The van der Waals surface area contributed by atoms with Crippen LogP contribution >= 0.6 is 0 Å². The van der Waals surface area contributed by atoms with Gasteiger partial charge in [-0.1, -0.05) is 130 Å². The molecule has 0 aromatic carbocycles. The van der Waals surface area contributed by atoms with Crippen LogP contribution in [0.1, 0.15) is 169 Å². The molecule has 0 spiro atoms. The molecule has 0 fully saturated rings. The number of likely N-dealkylation sites (N-methyl/N-ethyl adjacent to an activating group) is 1. The highest BCUT2D eigenvalue weighted by Crippen LogP contribution is 2.22. The second kappa shape index (κ2) is 40.5. The number of unbranched alkanes of at least 4 members (excludes halogenated alkanes) is 8. The Morgan fingerprint density at radius 3 is 1.25 bits per heavy atom.